The summed E-state index contributed by atoms with van der Waals surface area (Å²) in [5.41, 5.74) is 12.2. The van der Waals surface area contributed by atoms with Gasteiger partial charge in [0, 0.05) is 55.6 Å². The lowest BCUT2D eigenvalue weighted by Gasteiger charge is -2.22. The predicted octanol–water partition coefficient (Wildman–Crippen LogP) is 12.6. The van der Waals surface area contributed by atoms with Crippen molar-refractivity contribution < 1.29 is 9.15 Å². The van der Waals surface area contributed by atoms with Gasteiger partial charge in [0.05, 0.1) is 11.2 Å². The van der Waals surface area contributed by atoms with Gasteiger partial charge in [-0.1, -0.05) is 133 Å². The van der Waals surface area contributed by atoms with Crippen molar-refractivity contribution in [2.24, 2.45) is 0 Å². The molecule has 4 heterocycles. The molecule has 12 rings (SSSR count). The second-order valence-electron chi connectivity index (χ2n) is 14.7. The predicted molar refractivity (Wildman–Crippen MR) is 227 cm³/mol. The summed E-state index contributed by atoms with van der Waals surface area (Å²) in [7, 11) is 0. The molecule has 6 heteroatoms. The zero-order valence-electron chi connectivity index (χ0n) is 30.6. The van der Waals surface area contributed by atoms with Crippen LogP contribution in [0.15, 0.2) is 180 Å². The van der Waals surface area contributed by atoms with E-state index in [-0.39, 0.29) is 12.0 Å². The van der Waals surface area contributed by atoms with Gasteiger partial charge in [-0.2, -0.15) is 0 Å². The SMILES string of the molecule is C1=CC2c3c(cccc3-c3nc(-c4cccc(-c5ccccc5)c4)nc(-c4cccc5oc6ccccc6c45)n3)OC2c2c1n(-c1ccccc1)c1ccccc21. The first-order valence-corrected chi connectivity index (χ1v) is 19.3. The number of furan rings is 1. The molecular weight excluding hydrogens is 701 g/mol. The fourth-order valence-corrected chi connectivity index (χ4v) is 8.96. The topological polar surface area (TPSA) is 66.0 Å². The van der Waals surface area contributed by atoms with Crippen LogP contribution in [0.2, 0.25) is 0 Å². The van der Waals surface area contributed by atoms with Crippen LogP contribution in [0, 0.1) is 0 Å². The zero-order valence-corrected chi connectivity index (χ0v) is 30.6. The summed E-state index contributed by atoms with van der Waals surface area (Å²) < 4.78 is 15.7. The summed E-state index contributed by atoms with van der Waals surface area (Å²) >= 11 is 0. The van der Waals surface area contributed by atoms with Crippen LogP contribution >= 0.6 is 0 Å². The van der Waals surface area contributed by atoms with Crippen LogP contribution < -0.4 is 4.74 Å². The van der Waals surface area contributed by atoms with E-state index in [0.29, 0.717) is 17.5 Å². The van der Waals surface area contributed by atoms with Crippen LogP contribution in [0.25, 0.3) is 89.9 Å². The molecule has 2 aliphatic rings. The number of hydrogen-bond donors (Lipinski definition) is 0. The fraction of sp³-hybridized carbons (Fsp3) is 0.0392. The summed E-state index contributed by atoms with van der Waals surface area (Å²) in [6.45, 7) is 0. The van der Waals surface area contributed by atoms with Crippen molar-refractivity contribution in [1.29, 1.82) is 0 Å². The molecule has 0 bridgehead atoms. The maximum Gasteiger partial charge on any atom is 0.164 e. The van der Waals surface area contributed by atoms with Crippen molar-refractivity contribution in [3.63, 3.8) is 0 Å². The minimum atomic E-state index is -0.217. The molecule has 0 radical (unpaired) electrons. The number of fused-ring (bicyclic) bond motifs is 10. The first-order chi connectivity index (χ1) is 28.3. The van der Waals surface area contributed by atoms with Crippen LogP contribution in [0.4, 0.5) is 0 Å². The number of nitrogens with zero attached hydrogens (tertiary/aromatic N) is 4. The van der Waals surface area contributed by atoms with E-state index in [4.69, 9.17) is 24.1 Å². The first kappa shape index (κ1) is 31.7. The van der Waals surface area contributed by atoms with Gasteiger partial charge in [0.15, 0.2) is 17.5 Å². The van der Waals surface area contributed by atoms with Crippen LogP contribution in [0.5, 0.6) is 5.75 Å². The fourth-order valence-electron chi connectivity index (χ4n) is 8.96. The molecule has 0 N–H and O–H groups in total. The highest BCUT2D eigenvalue weighted by Crippen LogP contribution is 2.55. The van der Waals surface area contributed by atoms with Crippen LogP contribution in [-0.2, 0) is 0 Å². The Balaban J connectivity index is 1.06. The molecular formula is C51H32N4O2. The van der Waals surface area contributed by atoms with Crippen molar-refractivity contribution in [3.8, 4) is 56.7 Å². The third-order valence-electron chi connectivity index (χ3n) is 11.4. The van der Waals surface area contributed by atoms with Crippen molar-refractivity contribution in [2.75, 3.05) is 0 Å². The molecule has 1 aliphatic carbocycles. The lowest BCUT2D eigenvalue weighted by Crippen LogP contribution is -2.14. The molecule has 0 fully saturated rings. The zero-order chi connectivity index (χ0) is 37.5. The largest absolute Gasteiger partial charge is 0.484 e. The molecule has 0 saturated heterocycles. The molecule has 2 atom stereocenters. The Labute approximate surface area is 328 Å². The summed E-state index contributed by atoms with van der Waals surface area (Å²) in [5.74, 6) is 2.56. The Morgan fingerprint density at radius 2 is 1.14 bits per heavy atom. The standard InChI is InChI=1S/C51H32N4O2/c1-3-14-31(15-4-1)32-16-11-17-33(30-32)49-52-50(38-22-12-26-43-45(38)36-21-8-10-25-42(36)56-43)54-51(53-49)39-23-13-27-44-46(39)37-28-29-41-47(48(37)57-44)35-20-7-9-24-40(35)55(41)34-18-5-2-6-19-34/h1-30,37,48H. The average Bonchev–Trinajstić information content (AvgIpc) is 3.96. The summed E-state index contributed by atoms with van der Waals surface area (Å²) in [4.78, 5) is 15.8. The maximum absolute atomic E-state index is 7.00. The van der Waals surface area contributed by atoms with Gasteiger partial charge in [0.25, 0.3) is 0 Å². The monoisotopic (exact) mass is 732 g/mol. The highest BCUT2D eigenvalue weighted by molar-refractivity contribution is 6.11. The molecule has 0 saturated carbocycles. The minimum absolute atomic E-state index is 0.0509. The number of ether oxygens (including phenoxy) is 1. The Bertz CT molecular complexity index is 3240. The van der Waals surface area contributed by atoms with Crippen LogP contribution in [0.1, 0.15) is 28.8 Å². The van der Waals surface area contributed by atoms with Crippen molar-refractivity contribution in [3.05, 3.63) is 193 Å². The molecule has 10 aromatic rings. The Morgan fingerprint density at radius 1 is 0.491 bits per heavy atom. The Kier molecular flexibility index (Phi) is 6.95. The summed E-state index contributed by atoms with van der Waals surface area (Å²) in [6, 6.07) is 58.5. The number of aromatic nitrogens is 4. The number of rotatable bonds is 5. The molecule has 0 spiro atoms. The second kappa shape index (κ2) is 12.5. The van der Waals surface area contributed by atoms with Gasteiger partial charge in [-0.3, -0.25) is 0 Å². The van der Waals surface area contributed by atoms with E-state index in [1.54, 1.807) is 0 Å². The highest BCUT2D eigenvalue weighted by atomic mass is 16.5. The molecule has 1 aliphatic heterocycles. The Hall–Kier alpha value is -7.57. The van der Waals surface area contributed by atoms with E-state index in [0.717, 1.165) is 78.0 Å². The summed E-state index contributed by atoms with van der Waals surface area (Å²) in [6.07, 6.45) is 4.35. The molecule has 0 amide bonds. The summed E-state index contributed by atoms with van der Waals surface area (Å²) in [5, 5.41) is 3.19. The number of benzene rings is 7. The molecule has 3 aromatic heterocycles. The van der Waals surface area contributed by atoms with Gasteiger partial charge >= 0.3 is 0 Å². The molecule has 6 nitrogen and oxygen atoms in total. The van der Waals surface area contributed by atoms with Gasteiger partial charge in [0.2, 0.25) is 0 Å². The van der Waals surface area contributed by atoms with E-state index in [9.17, 15) is 0 Å². The van der Waals surface area contributed by atoms with Crippen molar-refractivity contribution >= 4 is 38.9 Å². The van der Waals surface area contributed by atoms with Crippen molar-refractivity contribution in [2.45, 2.75) is 12.0 Å². The average molecular weight is 733 g/mol. The highest BCUT2D eigenvalue weighted by Gasteiger charge is 2.42. The normalized spacial score (nSPS) is 15.4. The molecule has 57 heavy (non-hydrogen) atoms. The van der Waals surface area contributed by atoms with E-state index in [1.807, 2.05) is 42.5 Å². The molecule has 7 aromatic carbocycles. The third-order valence-corrected chi connectivity index (χ3v) is 11.4. The van der Waals surface area contributed by atoms with Gasteiger partial charge in [-0.15, -0.1) is 0 Å². The van der Waals surface area contributed by atoms with Crippen LogP contribution in [-0.4, -0.2) is 19.5 Å². The van der Waals surface area contributed by atoms with Crippen molar-refractivity contribution in [1.82, 2.24) is 19.5 Å². The van der Waals surface area contributed by atoms with E-state index in [2.05, 4.69) is 144 Å². The lowest BCUT2D eigenvalue weighted by molar-refractivity contribution is 0.224. The smallest absolute Gasteiger partial charge is 0.164 e. The van der Waals surface area contributed by atoms with E-state index in [1.165, 1.54) is 10.9 Å². The minimum Gasteiger partial charge on any atom is -0.484 e. The Morgan fingerprint density at radius 3 is 2.02 bits per heavy atom. The van der Waals surface area contributed by atoms with Gasteiger partial charge in [0.1, 0.15) is 23.0 Å². The van der Waals surface area contributed by atoms with Gasteiger partial charge in [-0.05, 0) is 59.7 Å². The third kappa shape index (κ3) is 4.94. The quantitative estimate of drug-likeness (QED) is 0.176. The molecule has 268 valence electrons. The molecule has 2 unspecified atom stereocenters. The second-order valence-corrected chi connectivity index (χ2v) is 14.7. The van der Waals surface area contributed by atoms with Crippen LogP contribution in [0.3, 0.4) is 0 Å². The van der Waals surface area contributed by atoms with E-state index < -0.39 is 0 Å². The number of para-hydroxylation sites is 3. The van der Waals surface area contributed by atoms with E-state index >= 15 is 0 Å². The van der Waals surface area contributed by atoms with Gasteiger partial charge < -0.3 is 13.7 Å². The van der Waals surface area contributed by atoms with Gasteiger partial charge in [-0.25, -0.2) is 15.0 Å². The first-order valence-electron chi connectivity index (χ1n) is 19.3. The maximum atomic E-state index is 7.00. The lowest BCUT2D eigenvalue weighted by atomic mass is 9.83. The number of hydrogen-bond acceptors (Lipinski definition) is 5.